The fourth-order valence-electron chi connectivity index (χ4n) is 8.22. The highest BCUT2D eigenvalue weighted by Crippen LogP contribution is 2.43. The highest BCUT2D eigenvalue weighted by molar-refractivity contribution is 7.38. The summed E-state index contributed by atoms with van der Waals surface area (Å²) < 4.78 is 0. The second-order valence-corrected chi connectivity index (χ2v) is 22.3. The van der Waals surface area contributed by atoms with Crippen molar-refractivity contribution in [3.63, 3.8) is 0 Å². The van der Waals surface area contributed by atoms with Crippen molar-refractivity contribution in [3.05, 3.63) is 65.2 Å². The predicted molar refractivity (Wildman–Crippen MR) is 282 cm³/mol. The smallest absolute Gasteiger partial charge is 0.324 e. The fraction of sp³-hybridized carbons (Fsp3) is 0.772. The molecule has 0 aliphatic heterocycles. The summed E-state index contributed by atoms with van der Waals surface area (Å²) in [5, 5.41) is 30.7. The van der Waals surface area contributed by atoms with Crippen molar-refractivity contribution < 1.29 is 34.8 Å². The first-order valence-electron chi connectivity index (χ1n) is 26.2. The van der Waals surface area contributed by atoms with Crippen LogP contribution in [0.25, 0.3) is 0 Å². The van der Waals surface area contributed by atoms with Gasteiger partial charge in [0.2, 0.25) is 0 Å². The summed E-state index contributed by atoms with van der Waals surface area (Å²) in [6.07, 6.45) is 32.6. The van der Waals surface area contributed by atoms with E-state index >= 15 is 0 Å². The molecule has 0 aliphatic rings. The quantitative estimate of drug-likeness (QED) is 0.0327. The van der Waals surface area contributed by atoms with Gasteiger partial charge in [-0.3, -0.25) is 4.79 Å². The van der Waals surface area contributed by atoms with Crippen LogP contribution in [0.2, 0.25) is 0 Å². The Hall–Kier alpha value is -2.02. The van der Waals surface area contributed by atoms with Gasteiger partial charge in [-0.2, -0.15) is 0 Å². The Labute approximate surface area is 403 Å². The molecule has 0 saturated carbocycles. The fourth-order valence-corrected chi connectivity index (χ4v) is 8.22. The molecule has 0 aliphatic carbocycles. The van der Waals surface area contributed by atoms with Crippen LogP contribution in [0.4, 0.5) is 0 Å². The molecular formula is C57H105O7P. The first-order chi connectivity index (χ1) is 30.6. The predicted octanol–water partition coefficient (Wildman–Crippen LogP) is 16.9. The maximum Gasteiger partial charge on any atom is 0.324 e. The van der Waals surface area contributed by atoms with Crippen molar-refractivity contribution in [1.29, 1.82) is 0 Å². The van der Waals surface area contributed by atoms with Crippen molar-refractivity contribution in [1.82, 2.24) is 0 Å². The molecule has 65 heavy (non-hydrogen) atoms. The van der Waals surface area contributed by atoms with Crippen LogP contribution in [0, 0.1) is 17.3 Å². The maximum atomic E-state index is 13.0. The van der Waals surface area contributed by atoms with Gasteiger partial charge in [0.1, 0.15) is 5.75 Å². The Kier molecular flexibility index (Phi) is 40.0. The van der Waals surface area contributed by atoms with E-state index in [0.717, 1.165) is 61.6 Å². The van der Waals surface area contributed by atoms with Crippen molar-refractivity contribution in [2.24, 2.45) is 17.3 Å². The number of phenolic OH excluding ortho intramolecular Hbond substituents is 1. The third-order valence-electron chi connectivity index (χ3n) is 12.4. The molecule has 2 aromatic carbocycles. The molecular weight excluding hydrogens is 828 g/mol. The molecule has 380 valence electrons. The van der Waals surface area contributed by atoms with Crippen LogP contribution in [-0.4, -0.2) is 42.6 Å². The average Bonchev–Trinajstić information content (AvgIpc) is 3.22. The molecule has 0 saturated heterocycles. The molecule has 0 bridgehead atoms. The number of carbonyl (C=O) groups is 1. The Balaban J connectivity index is 0. The highest BCUT2D eigenvalue weighted by Gasteiger charge is 2.39. The van der Waals surface area contributed by atoms with Crippen molar-refractivity contribution in [3.8, 4) is 5.75 Å². The van der Waals surface area contributed by atoms with Gasteiger partial charge in [-0.1, -0.05) is 272 Å². The Morgan fingerprint density at radius 1 is 0.538 bits per heavy atom. The number of aromatic hydroxyl groups is 1. The topological polar surface area (TPSA) is 138 Å². The number of carboxylic acids is 1. The van der Waals surface area contributed by atoms with Crippen LogP contribution in [0.1, 0.15) is 260 Å². The molecule has 0 amide bonds. The molecule has 2 rings (SSSR count). The molecule has 0 aromatic heterocycles. The molecule has 0 atom stereocenters. The van der Waals surface area contributed by atoms with Gasteiger partial charge in [0.05, 0.1) is 5.41 Å². The molecule has 6 N–H and O–H groups in total. The number of hydrogen-bond acceptors (Lipinski definition) is 6. The first kappa shape index (κ1) is 65.1. The van der Waals surface area contributed by atoms with E-state index in [-0.39, 0.29) is 10.8 Å². The second kappa shape index (κ2) is 39.9. The number of phenols is 1. The Morgan fingerprint density at radius 3 is 1.17 bits per heavy atom. The van der Waals surface area contributed by atoms with E-state index in [9.17, 15) is 15.0 Å². The largest absolute Gasteiger partial charge is 0.507 e. The van der Waals surface area contributed by atoms with Crippen LogP contribution in [0.5, 0.6) is 5.75 Å². The van der Waals surface area contributed by atoms with E-state index in [1.165, 1.54) is 109 Å². The van der Waals surface area contributed by atoms with Crippen LogP contribution in [0.15, 0.2) is 48.5 Å². The number of benzene rings is 2. The number of carboxylic acid groups (broad SMARTS) is 1. The van der Waals surface area contributed by atoms with Crippen LogP contribution in [-0.2, 0) is 22.0 Å². The number of unbranched alkanes of at least 4 members (excludes halogenated alkanes) is 19. The lowest BCUT2D eigenvalue weighted by Gasteiger charge is -2.33. The van der Waals surface area contributed by atoms with E-state index in [1.54, 1.807) is 0 Å². The number of aliphatic hydroxyl groups is 1. The molecule has 7 nitrogen and oxygen atoms in total. The third kappa shape index (κ3) is 37.6. The number of aliphatic hydroxyl groups excluding tert-OH is 1. The molecule has 2 aromatic rings. The van der Waals surface area contributed by atoms with E-state index in [1.807, 2.05) is 36.4 Å². The van der Waals surface area contributed by atoms with E-state index in [4.69, 9.17) is 19.8 Å². The van der Waals surface area contributed by atoms with Crippen LogP contribution >= 0.6 is 8.60 Å². The minimum atomic E-state index is -2.62. The SMILES string of the molecule is CC(C)CCCCCC(CCCCCC(C)C)(Cc1cc(C(C)(C)C)cc(C(C)(C)C)c1O)C(=O)O.CCCCCCCCCCCCCCCCCCO.OP(O)O.c1ccccc1. The van der Waals surface area contributed by atoms with Gasteiger partial charge in [-0.15, -0.1) is 0 Å². The lowest BCUT2D eigenvalue weighted by atomic mass is 9.71. The summed E-state index contributed by atoms with van der Waals surface area (Å²) in [5.41, 5.74) is 1.74. The number of rotatable bonds is 31. The summed E-state index contributed by atoms with van der Waals surface area (Å²) >= 11 is 0. The monoisotopic (exact) mass is 933 g/mol. The summed E-state index contributed by atoms with van der Waals surface area (Å²) in [5.74, 6) is 0.958. The molecule has 0 spiro atoms. The number of aliphatic carboxylic acids is 1. The minimum Gasteiger partial charge on any atom is -0.507 e. The van der Waals surface area contributed by atoms with Gasteiger partial charge >= 0.3 is 14.6 Å². The van der Waals surface area contributed by atoms with Gasteiger partial charge in [0, 0.05) is 6.61 Å². The summed E-state index contributed by atoms with van der Waals surface area (Å²) in [6, 6.07) is 16.2. The van der Waals surface area contributed by atoms with E-state index < -0.39 is 20.0 Å². The molecule has 0 radical (unpaired) electrons. The van der Waals surface area contributed by atoms with E-state index in [2.05, 4.69) is 88.3 Å². The summed E-state index contributed by atoms with van der Waals surface area (Å²) in [7, 11) is -2.62. The Morgan fingerprint density at radius 2 is 0.877 bits per heavy atom. The highest BCUT2D eigenvalue weighted by atomic mass is 31.2. The van der Waals surface area contributed by atoms with Gasteiger partial charge in [0.15, 0.2) is 0 Å². The van der Waals surface area contributed by atoms with Crippen LogP contribution < -0.4 is 0 Å². The van der Waals surface area contributed by atoms with Gasteiger partial charge in [-0.25, -0.2) is 0 Å². The van der Waals surface area contributed by atoms with Gasteiger partial charge in [0.25, 0.3) is 0 Å². The maximum absolute atomic E-state index is 13.0. The zero-order valence-electron chi connectivity index (χ0n) is 44.1. The minimum absolute atomic E-state index is 0.0813. The molecule has 0 unspecified atom stereocenters. The molecule has 0 heterocycles. The standard InChI is InChI=1S/C33H58O3.C18H38O.C6H6.H3O3P/c1-24(2)17-13-11-15-19-33(30(35)36,20-16-12-14-18-25(3)4)23-26-21-27(31(5,6)7)22-28(29(26)34)32(8,9)10;1-2-3-4-5-6-7-8-9-10-11-12-13-14-15-16-17-18-19;1-2-4-6-5-3-1;1-4(2)3/h21-22,24-25,34H,11-20,23H2,1-10H3,(H,35,36);19H,2-18H2,1H3;1-6H;1-3H. The van der Waals surface area contributed by atoms with Crippen molar-refractivity contribution in [2.75, 3.05) is 6.61 Å². The van der Waals surface area contributed by atoms with Gasteiger partial charge < -0.3 is 30.0 Å². The zero-order chi connectivity index (χ0) is 49.6. The second-order valence-electron chi connectivity index (χ2n) is 21.7. The van der Waals surface area contributed by atoms with Crippen LogP contribution in [0.3, 0.4) is 0 Å². The molecule has 0 fully saturated rings. The molecule has 8 heteroatoms. The summed E-state index contributed by atoms with van der Waals surface area (Å²) in [4.78, 5) is 34.7. The summed E-state index contributed by atoms with van der Waals surface area (Å²) in [6.45, 7) is 24.5. The van der Waals surface area contributed by atoms with Crippen molar-refractivity contribution in [2.45, 2.75) is 260 Å². The van der Waals surface area contributed by atoms with Crippen molar-refractivity contribution >= 4 is 14.6 Å². The normalized spacial score (nSPS) is 11.8. The van der Waals surface area contributed by atoms with Gasteiger partial charge in [-0.05, 0) is 65.0 Å². The van der Waals surface area contributed by atoms with E-state index in [0.29, 0.717) is 43.5 Å². The Bertz CT molecular complexity index is 1300. The zero-order valence-corrected chi connectivity index (χ0v) is 45.0. The lowest BCUT2D eigenvalue weighted by Crippen LogP contribution is -2.34. The third-order valence-corrected chi connectivity index (χ3v) is 12.4. The lowest BCUT2D eigenvalue weighted by molar-refractivity contribution is -0.150. The number of hydrogen-bond donors (Lipinski definition) is 6. The first-order valence-corrected chi connectivity index (χ1v) is 27.4. The average molecular weight is 933 g/mol.